The molecule has 5 heteroatoms. The number of hydroxylamine groups is 1. The van der Waals surface area contributed by atoms with Crippen LogP contribution in [0.25, 0.3) is 0 Å². The second-order valence-electron chi connectivity index (χ2n) is 3.30. The summed E-state index contributed by atoms with van der Waals surface area (Å²) in [6.07, 6.45) is 0.578. The van der Waals surface area contributed by atoms with Gasteiger partial charge in [0, 0.05) is 0 Å². The number of amides is 3. The van der Waals surface area contributed by atoms with Crippen LogP contribution in [0.2, 0.25) is 0 Å². The summed E-state index contributed by atoms with van der Waals surface area (Å²) in [5.74, 6) is -0.821. The fourth-order valence-electron chi connectivity index (χ4n) is 1.48. The Morgan fingerprint density at radius 3 is 2.44 bits per heavy atom. The van der Waals surface area contributed by atoms with Gasteiger partial charge in [-0.05, 0) is 12.0 Å². The van der Waals surface area contributed by atoms with E-state index in [0.29, 0.717) is 6.42 Å². The lowest BCUT2D eigenvalue weighted by atomic mass is 9.96. The molecule has 3 amide bonds. The summed E-state index contributed by atoms with van der Waals surface area (Å²) in [6.45, 7) is 1.86. The van der Waals surface area contributed by atoms with Gasteiger partial charge in [-0.3, -0.25) is 15.3 Å². The highest BCUT2D eigenvalue weighted by molar-refractivity contribution is 5.97. The quantitative estimate of drug-likeness (QED) is 0.534. The van der Waals surface area contributed by atoms with Crippen molar-refractivity contribution in [1.29, 1.82) is 0 Å². The van der Waals surface area contributed by atoms with E-state index in [-0.39, 0.29) is 0 Å². The monoisotopic (exact) mass is 222 g/mol. The number of carbonyl (C=O) groups is 2. The van der Waals surface area contributed by atoms with Gasteiger partial charge in [-0.1, -0.05) is 37.3 Å². The summed E-state index contributed by atoms with van der Waals surface area (Å²) in [6, 6.07) is 8.25. The van der Waals surface area contributed by atoms with Crippen molar-refractivity contribution in [2.45, 2.75) is 19.3 Å². The van der Waals surface area contributed by atoms with E-state index < -0.39 is 17.9 Å². The van der Waals surface area contributed by atoms with Crippen LogP contribution < -0.4 is 10.8 Å². The van der Waals surface area contributed by atoms with E-state index in [1.165, 1.54) is 5.48 Å². The lowest BCUT2D eigenvalue weighted by Gasteiger charge is -2.13. The number of benzene rings is 1. The Balaban J connectivity index is 2.75. The molecule has 1 aromatic carbocycles. The zero-order valence-corrected chi connectivity index (χ0v) is 8.93. The van der Waals surface area contributed by atoms with Crippen LogP contribution in [-0.2, 0) is 4.79 Å². The smallest absolute Gasteiger partial charge is 0.287 e. The first-order valence-corrected chi connectivity index (χ1v) is 4.99. The molecule has 0 spiro atoms. The molecule has 1 aromatic rings. The average molecular weight is 222 g/mol. The molecule has 0 aliphatic heterocycles. The predicted octanol–water partition coefficient (Wildman–Crippen LogP) is 1.40. The first kappa shape index (κ1) is 12.2. The fraction of sp³-hybridized carbons (Fsp3) is 0.273. The molecule has 3 N–H and O–H groups in total. The van der Waals surface area contributed by atoms with Gasteiger partial charge >= 0.3 is 6.03 Å². The summed E-state index contributed by atoms with van der Waals surface area (Å²) >= 11 is 0. The van der Waals surface area contributed by atoms with Crippen LogP contribution in [0.4, 0.5) is 4.79 Å². The van der Waals surface area contributed by atoms with Crippen LogP contribution in [0, 0.1) is 0 Å². The minimum absolute atomic E-state index is 0.390. The Labute approximate surface area is 93.4 Å². The third kappa shape index (κ3) is 3.06. The van der Waals surface area contributed by atoms with Crippen LogP contribution in [0.3, 0.4) is 0 Å². The summed E-state index contributed by atoms with van der Waals surface area (Å²) in [4.78, 5) is 22.4. The lowest BCUT2D eigenvalue weighted by molar-refractivity contribution is -0.121. The Kier molecular flexibility index (Phi) is 4.47. The van der Waals surface area contributed by atoms with Crippen LogP contribution in [-0.4, -0.2) is 17.1 Å². The molecule has 0 radical (unpaired) electrons. The first-order valence-electron chi connectivity index (χ1n) is 4.99. The largest absolute Gasteiger partial charge is 0.345 e. The molecule has 0 heterocycles. The van der Waals surface area contributed by atoms with E-state index in [1.54, 1.807) is 0 Å². The maximum Gasteiger partial charge on any atom is 0.345 e. The summed E-state index contributed by atoms with van der Waals surface area (Å²) in [5, 5.41) is 10.3. The molecular formula is C11H14N2O3. The van der Waals surface area contributed by atoms with Crippen LogP contribution in [0.15, 0.2) is 30.3 Å². The summed E-state index contributed by atoms with van der Waals surface area (Å²) in [7, 11) is 0. The third-order valence-electron chi connectivity index (χ3n) is 2.26. The van der Waals surface area contributed by atoms with Gasteiger partial charge in [-0.25, -0.2) is 10.3 Å². The van der Waals surface area contributed by atoms with Gasteiger partial charge in [0.1, 0.15) is 0 Å². The van der Waals surface area contributed by atoms with Crippen molar-refractivity contribution in [2.24, 2.45) is 0 Å². The highest BCUT2D eigenvalue weighted by atomic mass is 16.5. The molecule has 0 saturated heterocycles. The second-order valence-corrected chi connectivity index (χ2v) is 3.30. The number of rotatable bonds is 3. The van der Waals surface area contributed by atoms with E-state index in [4.69, 9.17) is 5.21 Å². The minimum Gasteiger partial charge on any atom is -0.287 e. The molecule has 1 atom stereocenters. The molecule has 0 bridgehead atoms. The van der Waals surface area contributed by atoms with E-state index in [9.17, 15) is 9.59 Å². The van der Waals surface area contributed by atoms with Crippen LogP contribution in [0.1, 0.15) is 24.8 Å². The standard InChI is InChI=1S/C11H14N2O3/c1-2-9(8-6-4-3-5-7-8)10(14)12-11(15)13-16/h3-7,9,16H,2H2,1H3,(H2,12,13,14,15). The molecule has 0 aliphatic rings. The fourth-order valence-corrected chi connectivity index (χ4v) is 1.48. The van der Waals surface area contributed by atoms with Crippen molar-refractivity contribution in [1.82, 2.24) is 10.8 Å². The van der Waals surface area contributed by atoms with Gasteiger partial charge < -0.3 is 0 Å². The van der Waals surface area contributed by atoms with Gasteiger partial charge in [0.2, 0.25) is 5.91 Å². The molecule has 5 nitrogen and oxygen atoms in total. The second kappa shape index (κ2) is 5.87. The summed E-state index contributed by atoms with van der Waals surface area (Å²) < 4.78 is 0. The lowest BCUT2D eigenvalue weighted by Crippen LogP contribution is -2.40. The predicted molar refractivity (Wildman–Crippen MR) is 57.9 cm³/mol. The van der Waals surface area contributed by atoms with E-state index >= 15 is 0 Å². The van der Waals surface area contributed by atoms with Crippen molar-refractivity contribution in [3.63, 3.8) is 0 Å². The maximum atomic E-state index is 11.7. The number of hydrogen-bond acceptors (Lipinski definition) is 3. The topological polar surface area (TPSA) is 78.4 Å². The molecule has 1 rings (SSSR count). The minimum atomic E-state index is -0.917. The van der Waals surface area contributed by atoms with Gasteiger partial charge in [0.15, 0.2) is 0 Å². The van der Waals surface area contributed by atoms with E-state index in [0.717, 1.165) is 5.56 Å². The molecule has 0 aromatic heterocycles. The maximum absolute atomic E-state index is 11.7. The molecule has 1 unspecified atom stereocenters. The van der Waals surface area contributed by atoms with Crippen molar-refractivity contribution in [3.8, 4) is 0 Å². The average Bonchev–Trinajstić information content (AvgIpc) is 2.31. The number of urea groups is 1. The molecule has 0 aliphatic carbocycles. The number of nitrogens with one attached hydrogen (secondary N) is 2. The van der Waals surface area contributed by atoms with Gasteiger partial charge in [-0.2, -0.15) is 0 Å². The molecule has 86 valence electrons. The molecule has 16 heavy (non-hydrogen) atoms. The normalized spacial score (nSPS) is 11.6. The Hall–Kier alpha value is -1.88. The molecule has 0 fully saturated rings. The zero-order chi connectivity index (χ0) is 12.0. The van der Waals surface area contributed by atoms with Crippen LogP contribution >= 0.6 is 0 Å². The summed E-state index contributed by atoms with van der Waals surface area (Å²) in [5.41, 5.74) is 2.20. The van der Waals surface area contributed by atoms with Crippen molar-refractivity contribution in [3.05, 3.63) is 35.9 Å². The number of carbonyl (C=O) groups excluding carboxylic acids is 2. The van der Waals surface area contributed by atoms with E-state index in [1.807, 2.05) is 42.6 Å². The van der Waals surface area contributed by atoms with Crippen molar-refractivity contribution in [2.75, 3.05) is 0 Å². The zero-order valence-electron chi connectivity index (χ0n) is 8.93. The SMILES string of the molecule is CCC(C(=O)NC(=O)NO)c1ccccc1. The number of hydrogen-bond donors (Lipinski definition) is 3. The highest BCUT2D eigenvalue weighted by Gasteiger charge is 2.19. The van der Waals surface area contributed by atoms with Gasteiger partial charge in [-0.15, -0.1) is 0 Å². The number of imide groups is 1. The Morgan fingerprint density at radius 1 is 1.31 bits per heavy atom. The first-order chi connectivity index (χ1) is 7.69. The highest BCUT2D eigenvalue weighted by Crippen LogP contribution is 2.18. The van der Waals surface area contributed by atoms with E-state index in [2.05, 4.69) is 0 Å². The molecular weight excluding hydrogens is 208 g/mol. The van der Waals surface area contributed by atoms with Crippen molar-refractivity contribution < 1.29 is 14.8 Å². The molecule has 0 saturated carbocycles. The van der Waals surface area contributed by atoms with Gasteiger partial charge in [0.05, 0.1) is 5.92 Å². The Morgan fingerprint density at radius 2 is 1.94 bits per heavy atom. The third-order valence-corrected chi connectivity index (χ3v) is 2.26. The van der Waals surface area contributed by atoms with Crippen LogP contribution in [0.5, 0.6) is 0 Å². The Bertz CT molecular complexity index is 365. The van der Waals surface area contributed by atoms with Crippen molar-refractivity contribution >= 4 is 11.9 Å². The van der Waals surface area contributed by atoms with Gasteiger partial charge in [0.25, 0.3) is 0 Å².